The Labute approximate surface area is 340 Å². The van der Waals surface area contributed by atoms with E-state index in [0.717, 1.165) is 56.2 Å². The molecular weight excluding hydrogens is 697 g/mol. The first kappa shape index (κ1) is 41.0. The highest BCUT2D eigenvalue weighted by molar-refractivity contribution is 5.89. The van der Waals surface area contributed by atoms with Gasteiger partial charge in [-0.3, -0.25) is 14.8 Å². The van der Waals surface area contributed by atoms with Gasteiger partial charge in [0.15, 0.2) is 5.78 Å². The second-order valence-electron chi connectivity index (χ2n) is 15.4. The number of nitrogens with zero attached hydrogens (tertiary/aromatic N) is 2. The third kappa shape index (κ3) is 13.5. The van der Waals surface area contributed by atoms with Gasteiger partial charge >= 0.3 is 0 Å². The van der Waals surface area contributed by atoms with E-state index in [0.29, 0.717) is 6.42 Å². The lowest BCUT2D eigenvalue weighted by molar-refractivity contribution is -0.114. The molecule has 0 saturated carbocycles. The van der Waals surface area contributed by atoms with Crippen molar-refractivity contribution in [2.45, 2.75) is 103 Å². The molecule has 4 nitrogen and oxygen atoms in total. The number of aliphatic hydroxyl groups excluding tert-OH is 1. The second kappa shape index (κ2) is 22.8. The fourth-order valence-corrected chi connectivity index (χ4v) is 7.71. The van der Waals surface area contributed by atoms with Crippen LogP contribution in [0.5, 0.6) is 0 Å². The van der Waals surface area contributed by atoms with Gasteiger partial charge < -0.3 is 5.11 Å². The molecule has 0 amide bonds. The van der Waals surface area contributed by atoms with E-state index in [4.69, 9.17) is 10.1 Å². The summed E-state index contributed by atoms with van der Waals surface area (Å²) in [5.41, 5.74) is 13.4. The molecule has 0 atom stereocenters. The van der Waals surface area contributed by atoms with E-state index >= 15 is 0 Å². The minimum Gasteiger partial charge on any atom is -0.515 e. The van der Waals surface area contributed by atoms with Crippen LogP contribution in [0.1, 0.15) is 100 Å². The van der Waals surface area contributed by atoms with Gasteiger partial charge in [-0.15, -0.1) is 0 Å². The normalized spacial score (nSPS) is 11.3. The Morgan fingerprint density at radius 2 is 0.825 bits per heavy atom. The number of benzene rings is 4. The molecule has 6 rings (SSSR count). The first-order valence-corrected chi connectivity index (χ1v) is 21.2. The van der Waals surface area contributed by atoms with Crippen LogP contribution in [0.25, 0.3) is 44.8 Å². The lowest BCUT2D eigenvalue weighted by atomic mass is 9.98. The zero-order valence-electron chi connectivity index (χ0n) is 33.5. The molecule has 0 aliphatic heterocycles. The molecule has 0 fully saturated rings. The summed E-state index contributed by atoms with van der Waals surface area (Å²) >= 11 is 0. The average Bonchev–Trinajstić information content (AvgIpc) is 3.26. The summed E-state index contributed by atoms with van der Waals surface area (Å²) in [5.74, 6) is 0.00530. The van der Waals surface area contributed by atoms with E-state index in [1.165, 1.54) is 114 Å². The van der Waals surface area contributed by atoms with Crippen LogP contribution in [0.15, 0.2) is 152 Å². The van der Waals surface area contributed by atoms with Crippen LogP contribution in [-0.4, -0.2) is 20.9 Å². The topological polar surface area (TPSA) is 63.1 Å². The number of pyridine rings is 2. The van der Waals surface area contributed by atoms with Crippen LogP contribution in [0, 0.1) is 0 Å². The molecule has 292 valence electrons. The third-order valence-electron chi connectivity index (χ3n) is 10.9. The van der Waals surface area contributed by atoms with Crippen LogP contribution >= 0.6 is 0 Å². The standard InChI is InChI=1S/C53H58N2O2/c56-36-33-51(57)30-15-8-4-3-7-10-19-42-22-16-27-46(37-42)48-32-35-55-53(41-48)50-29-18-24-44(39-50)21-12-6-2-1-5-11-20-43-23-17-28-49(38-43)52-40-47(31-34-54-52)45-25-13-9-14-26-45/h9,13-14,16-18,22-29,31-41,56H,1-8,10-12,15,19-21,30H2. The van der Waals surface area contributed by atoms with Gasteiger partial charge in [0.2, 0.25) is 0 Å². The molecule has 0 spiro atoms. The van der Waals surface area contributed by atoms with Gasteiger partial charge in [0, 0.05) is 36.0 Å². The van der Waals surface area contributed by atoms with Gasteiger partial charge in [0.05, 0.1) is 17.6 Å². The Kier molecular flexibility index (Phi) is 16.4. The molecule has 6 aromatic rings. The number of allylic oxidation sites excluding steroid dienone is 1. The second-order valence-corrected chi connectivity index (χ2v) is 15.4. The number of aryl methyl sites for hydroxylation is 3. The Balaban J connectivity index is 0.890. The number of aromatic nitrogens is 2. The number of hydrogen-bond donors (Lipinski definition) is 1. The van der Waals surface area contributed by atoms with Crippen LogP contribution in [-0.2, 0) is 24.1 Å². The summed E-state index contributed by atoms with van der Waals surface area (Å²) in [4.78, 5) is 20.9. The molecule has 2 heterocycles. The lowest BCUT2D eigenvalue weighted by Crippen LogP contribution is -1.92. The van der Waals surface area contributed by atoms with Crippen molar-refractivity contribution in [3.05, 3.63) is 169 Å². The predicted octanol–water partition coefficient (Wildman–Crippen LogP) is 14.2. The maximum Gasteiger partial charge on any atom is 0.158 e. The Morgan fingerprint density at radius 3 is 1.33 bits per heavy atom. The fraction of sp³-hybridized carbons (Fsp3) is 0.302. The predicted molar refractivity (Wildman–Crippen MR) is 238 cm³/mol. The molecule has 4 aromatic carbocycles. The molecule has 0 saturated heterocycles. The molecule has 2 aromatic heterocycles. The number of hydrogen-bond acceptors (Lipinski definition) is 4. The molecule has 0 radical (unpaired) electrons. The van der Waals surface area contributed by atoms with E-state index in [-0.39, 0.29) is 5.78 Å². The van der Waals surface area contributed by atoms with Gasteiger partial charge in [-0.2, -0.15) is 0 Å². The quantitative estimate of drug-likeness (QED) is 0.0402. The fourth-order valence-electron chi connectivity index (χ4n) is 7.71. The zero-order chi connectivity index (χ0) is 39.3. The van der Waals surface area contributed by atoms with Gasteiger partial charge in [0.25, 0.3) is 0 Å². The van der Waals surface area contributed by atoms with E-state index in [2.05, 4.69) is 132 Å². The number of aliphatic hydroxyl groups is 1. The van der Waals surface area contributed by atoms with Gasteiger partial charge in [-0.05, 0) is 120 Å². The van der Waals surface area contributed by atoms with E-state index in [1.807, 2.05) is 12.4 Å². The minimum atomic E-state index is 0.00530. The Hall–Kier alpha value is -5.61. The van der Waals surface area contributed by atoms with Crippen molar-refractivity contribution in [1.82, 2.24) is 9.97 Å². The Morgan fingerprint density at radius 1 is 0.421 bits per heavy atom. The van der Waals surface area contributed by atoms with E-state index in [9.17, 15) is 4.79 Å². The van der Waals surface area contributed by atoms with Crippen LogP contribution < -0.4 is 0 Å². The van der Waals surface area contributed by atoms with Gasteiger partial charge in [-0.25, -0.2) is 0 Å². The van der Waals surface area contributed by atoms with E-state index in [1.54, 1.807) is 0 Å². The van der Waals surface area contributed by atoms with Crippen molar-refractivity contribution in [2.75, 3.05) is 0 Å². The molecule has 0 bridgehead atoms. The van der Waals surface area contributed by atoms with Gasteiger partial charge in [0.1, 0.15) is 0 Å². The largest absolute Gasteiger partial charge is 0.515 e. The van der Waals surface area contributed by atoms with Crippen LogP contribution in [0.4, 0.5) is 0 Å². The summed E-state index contributed by atoms with van der Waals surface area (Å²) in [6, 6.07) is 46.0. The zero-order valence-corrected chi connectivity index (χ0v) is 33.5. The molecule has 0 unspecified atom stereocenters. The molecule has 4 heteroatoms. The summed E-state index contributed by atoms with van der Waals surface area (Å²) in [6.07, 6.45) is 24.0. The SMILES string of the molecule is O=C(C=CO)CCCCCCCCc1cccc(-c2ccnc(-c3cccc(CCCCCCCCc4cccc(-c5cc(-c6ccccc6)ccn5)c4)c3)c2)c1. The number of rotatable bonds is 23. The van der Waals surface area contributed by atoms with Crippen molar-refractivity contribution < 1.29 is 9.90 Å². The monoisotopic (exact) mass is 754 g/mol. The number of unbranched alkanes of at least 4 members (excludes halogenated alkanes) is 10. The number of carbonyl (C=O) groups is 1. The van der Waals surface area contributed by atoms with Gasteiger partial charge in [-0.1, -0.05) is 142 Å². The summed E-state index contributed by atoms with van der Waals surface area (Å²) < 4.78 is 0. The highest BCUT2D eigenvalue weighted by atomic mass is 16.2. The summed E-state index contributed by atoms with van der Waals surface area (Å²) in [5, 5.41) is 8.69. The third-order valence-corrected chi connectivity index (χ3v) is 10.9. The van der Waals surface area contributed by atoms with Crippen molar-refractivity contribution in [2.24, 2.45) is 0 Å². The van der Waals surface area contributed by atoms with E-state index < -0.39 is 0 Å². The minimum absolute atomic E-state index is 0.00530. The first-order valence-electron chi connectivity index (χ1n) is 21.2. The average molecular weight is 755 g/mol. The highest BCUT2D eigenvalue weighted by Crippen LogP contribution is 2.28. The highest BCUT2D eigenvalue weighted by Gasteiger charge is 2.07. The maximum atomic E-state index is 11.5. The number of ketones is 1. The van der Waals surface area contributed by atoms with Crippen LogP contribution in [0.3, 0.4) is 0 Å². The van der Waals surface area contributed by atoms with Crippen LogP contribution in [0.2, 0.25) is 0 Å². The van der Waals surface area contributed by atoms with Crippen molar-refractivity contribution in [3.63, 3.8) is 0 Å². The maximum absolute atomic E-state index is 11.5. The molecule has 0 aliphatic carbocycles. The molecular formula is C53H58N2O2. The Bertz CT molecular complexity index is 2150. The summed E-state index contributed by atoms with van der Waals surface area (Å²) in [6.45, 7) is 0. The lowest BCUT2D eigenvalue weighted by Gasteiger charge is -2.09. The smallest absolute Gasteiger partial charge is 0.158 e. The van der Waals surface area contributed by atoms with Crippen molar-refractivity contribution in [3.8, 4) is 44.8 Å². The van der Waals surface area contributed by atoms with Crippen molar-refractivity contribution >= 4 is 5.78 Å². The first-order chi connectivity index (χ1) is 28.1. The van der Waals surface area contributed by atoms with Crippen molar-refractivity contribution in [1.29, 1.82) is 0 Å². The molecule has 1 N–H and O–H groups in total. The molecule has 57 heavy (non-hydrogen) atoms. The number of carbonyl (C=O) groups excluding carboxylic acids is 1. The summed E-state index contributed by atoms with van der Waals surface area (Å²) in [7, 11) is 0. The molecule has 0 aliphatic rings.